The first-order valence-electron chi connectivity index (χ1n) is 12.2. The van der Waals surface area contributed by atoms with Gasteiger partial charge in [-0.3, -0.25) is 0 Å². The first-order chi connectivity index (χ1) is 15.0. The summed E-state index contributed by atoms with van der Waals surface area (Å²) in [6, 6.07) is 10.3. The van der Waals surface area contributed by atoms with Crippen LogP contribution < -0.4 is 0 Å². The molecule has 1 aromatic rings. The molecule has 0 saturated heterocycles. The minimum absolute atomic E-state index is 0. The van der Waals surface area contributed by atoms with Crippen molar-refractivity contribution in [3.63, 3.8) is 0 Å². The third-order valence-electron chi connectivity index (χ3n) is 3.90. The Morgan fingerprint density at radius 1 is 0.939 bits per heavy atom. The van der Waals surface area contributed by atoms with Crippen molar-refractivity contribution in [1.29, 1.82) is 0 Å². The molecule has 1 rings (SSSR count). The van der Waals surface area contributed by atoms with Crippen LogP contribution in [0.4, 0.5) is 0 Å². The Balaban J connectivity index is -0.000000862. The summed E-state index contributed by atoms with van der Waals surface area (Å²) in [5, 5.41) is 17.5. The second-order valence-electron chi connectivity index (χ2n) is 9.48. The van der Waals surface area contributed by atoms with Crippen molar-refractivity contribution in [2.45, 2.75) is 112 Å². The number of allylic oxidation sites excluding steroid dienone is 3. The molecule has 0 unspecified atom stereocenters. The van der Waals surface area contributed by atoms with Crippen molar-refractivity contribution in [3.05, 3.63) is 59.3 Å². The Labute approximate surface area is 221 Å². The fourth-order valence-corrected chi connectivity index (χ4v) is 3.57. The van der Waals surface area contributed by atoms with Gasteiger partial charge in [-0.1, -0.05) is 82.6 Å². The molecule has 3 nitrogen and oxygen atoms in total. The molecule has 0 heterocycles. The van der Waals surface area contributed by atoms with Crippen LogP contribution in [0.15, 0.2) is 41.6 Å². The van der Waals surface area contributed by atoms with Crippen LogP contribution in [0, 0.1) is 12.2 Å². The van der Waals surface area contributed by atoms with Gasteiger partial charge < -0.3 is 38.4 Å². The molecule has 33 heavy (non-hydrogen) atoms. The molecule has 0 spiro atoms. The number of hydrogen-bond acceptors (Lipinski definition) is 3. The number of hydrogen-bond donors (Lipinski definition) is 2. The zero-order valence-electron chi connectivity index (χ0n) is 22.6. The molecule has 1 aromatic carbocycles. The number of benzene rings is 1. The SMILES string of the molecule is CC(C)O.CC(C)O.CCCCCC[C-]=C(C=[C-]CCOCc1ccccc1)[Si](C)(C)C.[Ti+2]. The van der Waals surface area contributed by atoms with Crippen LogP contribution in [-0.2, 0) is 33.1 Å². The third kappa shape index (κ3) is 31.5. The smallest absolute Gasteiger partial charge is 0.394 e. The zero-order chi connectivity index (χ0) is 24.8. The van der Waals surface area contributed by atoms with Crippen molar-refractivity contribution in [2.24, 2.45) is 0 Å². The second-order valence-corrected chi connectivity index (χ2v) is 14.5. The van der Waals surface area contributed by atoms with E-state index < -0.39 is 8.07 Å². The van der Waals surface area contributed by atoms with E-state index in [9.17, 15) is 0 Å². The maximum absolute atomic E-state index is 8.06. The molecule has 0 atom stereocenters. The quantitative estimate of drug-likeness (QED) is 0.134. The van der Waals surface area contributed by atoms with Crippen LogP contribution in [0.25, 0.3) is 0 Å². The fraction of sp³-hybridized carbons (Fsp3) is 0.643. The summed E-state index contributed by atoms with van der Waals surface area (Å²) in [7, 11) is -1.33. The summed E-state index contributed by atoms with van der Waals surface area (Å²) in [4.78, 5) is 0. The van der Waals surface area contributed by atoms with Gasteiger partial charge >= 0.3 is 21.7 Å². The monoisotopic (exact) mass is 510 g/mol. The van der Waals surface area contributed by atoms with Gasteiger partial charge in [0.05, 0.1) is 6.61 Å². The molecule has 188 valence electrons. The number of aliphatic hydroxyl groups is 2. The molecule has 0 aliphatic rings. The van der Waals surface area contributed by atoms with Crippen molar-refractivity contribution in [1.82, 2.24) is 0 Å². The van der Waals surface area contributed by atoms with Crippen molar-refractivity contribution in [2.75, 3.05) is 6.61 Å². The average molecular weight is 511 g/mol. The number of ether oxygens (including phenoxy) is 1. The number of aliphatic hydroxyl groups excluding tert-OH is 2. The van der Waals surface area contributed by atoms with Gasteiger partial charge in [-0.25, -0.2) is 0 Å². The maximum atomic E-state index is 8.06. The Morgan fingerprint density at radius 3 is 1.97 bits per heavy atom. The molecule has 0 aliphatic heterocycles. The molecule has 0 aromatic heterocycles. The standard InChI is InChI=1S/C22H34OSi.2C3H8O.Ti/c1-5-6-7-8-12-17-22(24(2,3)4)18-13-14-19-23-20-21-15-10-9-11-16-21;2*1-3(2)4;/h9-11,15-16,18H,5-8,12,14,19-20H2,1-4H3;2*3-4H,1-2H3;/q-2;;;+2. The molecule has 5 heteroatoms. The van der Waals surface area contributed by atoms with E-state index in [-0.39, 0.29) is 33.9 Å². The van der Waals surface area contributed by atoms with Gasteiger partial charge in [-0.15, -0.1) is 12.8 Å². The molecule has 0 aliphatic carbocycles. The Bertz CT molecular complexity index is 567. The van der Waals surface area contributed by atoms with Crippen LogP contribution in [0.3, 0.4) is 0 Å². The van der Waals surface area contributed by atoms with E-state index in [1.165, 1.54) is 36.4 Å². The van der Waals surface area contributed by atoms with E-state index >= 15 is 0 Å². The maximum Gasteiger partial charge on any atom is 2.00 e. The number of unbranched alkanes of at least 4 members (excludes halogenated alkanes) is 4. The van der Waals surface area contributed by atoms with E-state index in [4.69, 9.17) is 14.9 Å². The first kappa shape index (κ1) is 37.1. The van der Waals surface area contributed by atoms with Crippen LogP contribution in [0.2, 0.25) is 19.6 Å². The molecule has 0 fully saturated rings. The van der Waals surface area contributed by atoms with Gasteiger partial charge in [0, 0.05) is 18.8 Å². The predicted molar refractivity (Wildman–Crippen MR) is 142 cm³/mol. The first-order valence-corrected chi connectivity index (χ1v) is 15.7. The topological polar surface area (TPSA) is 49.7 Å². The molecule has 0 bridgehead atoms. The van der Waals surface area contributed by atoms with Gasteiger partial charge in [0.2, 0.25) is 0 Å². The van der Waals surface area contributed by atoms with Gasteiger partial charge in [-0.05, 0) is 41.3 Å². The fourth-order valence-electron chi connectivity index (χ4n) is 2.38. The van der Waals surface area contributed by atoms with E-state index in [0.717, 1.165) is 19.4 Å². The van der Waals surface area contributed by atoms with E-state index in [2.05, 4.69) is 56.9 Å². The van der Waals surface area contributed by atoms with Gasteiger partial charge in [-0.2, -0.15) is 0 Å². The van der Waals surface area contributed by atoms with E-state index in [0.29, 0.717) is 6.61 Å². The summed E-state index contributed by atoms with van der Waals surface area (Å²) in [6.45, 7) is 17.7. The van der Waals surface area contributed by atoms with Crippen LogP contribution >= 0.6 is 0 Å². The zero-order valence-corrected chi connectivity index (χ0v) is 25.1. The van der Waals surface area contributed by atoms with Crippen LogP contribution in [0.1, 0.15) is 78.7 Å². The summed E-state index contributed by atoms with van der Waals surface area (Å²) in [5.74, 6) is 0. The van der Waals surface area contributed by atoms with E-state index in [1.807, 2.05) is 18.2 Å². The average Bonchev–Trinajstić information content (AvgIpc) is 2.68. The minimum Gasteiger partial charge on any atom is -0.394 e. The van der Waals surface area contributed by atoms with Gasteiger partial charge in [0.15, 0.2) is 0 Å². The summed E-state index contributed by atoms with van der Waals surface area (Å²) in [5.41, 5.74) is 1.23. The Hall–Kier alpha value is -0.489. The molecule has 0 saturated carbocycles. The Kier molecular flexibility index (Phi) is 27.7. The normalized spacial score (nSPS) is 11.6. The van der Waals surface area contributed by atoms with Gasteiger partial charge in [0.25, 0.3) is 0 Å². The molecular weight excluding hydrogens is 460 g/mol. The molecule has 0 amide bonds. The summed E-state index contributed by atoms with van der Waals surface area (Å²) in [6.07, 6.45) is 16.1. The molecular formula is C28H50O3SiTi. The summed E-state index contributed by atoms with van der Waals surface area (Å²) >= 11 is 0. The van der Waals surface area contributed by atoms with Crippen molar-refractivity contribution >= 4 is 8.07 Å². The number of rotatable bonds is 12. The van der Waals surface area contributed by atoms with Crippen LogP contribution in [-0.4, -0.2) is 37.1 Å². The molecule has 0 radical (unpaired) electrons. The summed E-state index contributed by atoms with van der Waals surface area (Å²) < 4.78 is 5.71. The van der Waals surface area contributed by atoms with Crippen molar-refractivity contribution < 1.29 is 36.7 Å². The van der Waals surface area contributed by atoms with Crippen molar-refractivity contribution in [3.8, 4) is 0 Å². The largest absolute Gasteiger partial charge is 2.00 e. The minimum atomic E-state index is -1.33. The third-order valence-corrected chi connectivity index (χ3v) is 5.84. The van der Waals surface area contributed by atoms with E-state index in [1.54, 1.807) is 27.7 Å². The van der Waals surface area contributed by atoms with Crippen LogP contribution in [0.5, 0.6) is 0 Å². The predicted octanol–water partition coefficient (Wildman–Crippen LogP) is 7.30. The second kappa shape index (κ2) is 24.6. The molecule has 2 N–H and O–H groups in total. The van der Waals surface area contributed by atoms with Gasteiger partial charge in [0.1, 0.15) is 0 Å². The Morgan fingerprint density at radius 2 is 1.48 bits per heavy atom.